The van der Waals surface area contributed by atoms with Gasteiger partial charge in [-0.3, -0.25) is 0 Å². The Bertz CT molecular complexity index is 428. The van der Waals surface area contributed by atoms with Crippen molar-refractivity contribution in [1.82, 2.24) is 15.0 Å². The number of ether oxygens (including phenoxy) is 1. The largest absolute Gasteiger partial charge is 0.459 e. The Morgan fingerprint density at radius 2 is 1.63 bits per heavy atom. The molecular weight excluding hydrogens is 242 g/mol. The van der Waals surface area contributed by atoms with E-state index in [1.165, 1.54) is 0 Å². The lowest BCUT2D eigenvalue weighted by Gasteiger charge is -2.09. The highest BCUT2D eigenvalue weighted by Gasteiger charge is 2.06. The molecule has 0 aromatic carbocycles. The summed E-state index contributed by atoms with van der Waals surface area (Å²) in [6.45, 7) is 14.4. The van der Waals surface area contributed by atoms with Gasteiger partial charge in [0.15, 0.2) is 0 Å². The quantitative estimate of drug-likeness (QED) is 0.663. The van der Waals surface area contributed by atoms with E-state index in [2.05, 4.69) is 45.3 Å². The Morgan fingerprint density at radius 1 is 1.11 bits per heavy atom. The van der Waals surface area contributed by atoms with Crippen molar-refractivity contribution in [3.63, 3.8) is 0 Å². The van der Waals surface area contributed by atoms with E-state index in [4.69, 9.17) is 4.74 Å². The third-order valence-electron chi connectivity index (χ3n) is 1.87. The zero-order valence-corrected chi connectivity index (χ0v) is 11.1. The average molecular weight is 261 g/mol. The van der Waals surface area contributed by atoms with Gasteiger partial charge in [-0.05, 0) is 12.5 Å². The van der Waals surface area contributed by atoms with Crippen molar-refractivity contribution in [3.8, 4) is 6.01 Å². The van der Waals surface area contributed by atoms with Gasteiger partial charge in [-0.2, -0.15) is 15.0 Å². The first-order valence-corrected chi connectivity index (χ1v) is 5.88. The Labute approximate surface area is 113 Å². The van der Waals surface area contributed by atoms with E-state index in [0.717, 1.165) is 5.57 Å². The van der Waals surface area contributed by atoms with E-state index in [1.54, 1.807) is 12.2 Å². The lowest BCUT2D eigenvalue weighted by atomic mass is 10.4. The highest BCUT2D eigenvalue weighted by Crippen LogP contribution is 2.11. The number of rotatable bonds is 9. The Balaban J connectivity index is 2.83. The topological polar surface area (TPSA) is 72.0 Å². The maximum Gasteiger partial charge on any atom is 0.323 e. The molecule has 0 saturated carbocycles. The van der Waals surface area contributed by atoms with E-state index in [9.17, 15) is 0 Å². The molecule has 1 aromatic rings. The van der Waals surface area contributed by atoms with E-state index in [-0.39, 0.29) is 6.01 Å². The van der Waals surface area contributed by atoms with Crippen LogP contribution in [0.4, 0.5) is 11.9 Å². The van der Waals surface area contributed by atoms with Crippen LogP contribution in [0.15, 0.2) is 37.5 Å². The Morgan fingerprint density at radius 3 is 2.05 bits per heavy atom. The summed E-state index contributed by atoms with van der Waals surface area (Å²) < 4.78 is 5.42. The van der Waals surface area contributed by atoms with Crippen molar-refractivity contribution in [1.29, 1.82) is 0 Å². The summed E-state index contributed by atoms with van der Waals surface area (Å²) in [7, 11) is 0. The van der Waals surface area contributed by atoms with Crippen LogP contribution in [0.2, 0.25) is 0 Å². The van der Waals surface area contributed by atoms with Gasteiger partial charge in [-0.15, -0.1) is 13.2 Å². The van der Waals surface area contributed by atoms with Gasteiger partial charge >= 0.3 is 6.01 Å². The number of hydrogen-bond acceptors (Lipinski definition) is 6. The second kappa shape index (κ2) is 7.86. The van der Waals surface area contributed by atoms with Crippen molar-refractivity contribution >= 4 is 11.9 Å². The molecule has 0 fully saturated rings. The normalized spacial score (nSPS) is 9.53. The number of nitrogens with zero attached hydrogens (tertiary/aromatic N) is 3. The summed E-state index contributed by atoms with van der Waals surface area (Å²) in [6, 6.07) is 0.246. The SMILES string of the molecule is C=CCNc1nc(NCC=C)nc(OCC(=C)C)n1. The molecule has 0 radical (unpaired) electrons. The fourth-order valence-corrected chi connectivity index (χ4v) is 1.09. The van der Waals surface area contributed by atoms with E-state index in [0.29, 0.717) is 31.6 Å². The van der Waals surface area contributed by atoms with Crippen LogP contribution >= 0.6 is 0 Å². The lowest BCUT2D eigenvalue weighted by molar-refractivity contribution is 0.324. The molecule has 0 saturated heterocycles. The molecule has 0 spiro atoms. The van der Waals surface area contributed by atoms with Crippen LogP contribution in [0.5, 0.6) is 6.01 Å². The number of nitrogens with one attached hydrogen (secondary N) is 2. The Hall–Kier alpha value is -2.37. The molecule has 6 heteroatoms. The molecule has 0 amide bonds. The van der Waals surface area contributed by atoms with Crippen molar-refractivity contribution in [2.45, 2.75) is 6.92 Å². The lowest BCUT2D eigenvalue weighted by Crippen LogP contribution is -2.11. The number of hydrogen-bond donors (Lipinski definition) is 2. The molecule has 0 bridgehead atoms. The van der Waals surface area contributed by atoms with Gasteiger partial charge in [0.25, 0.3) is 0 Å². The Kier molecular flexibility index (Phi) is 6.08. The minimum Gasteiger partial charge on any atom is -0.459 e. The van der Waals surface area contributed by atoms with Crippen LogP contribution in [0.1, 0.15) is 6.92 Å². The minimum atomic E-state index is 0.246. The molecule has 6 nitrogen and oxygen atoms in total. The molecule has 1 rings (SSSR count). The monoisotopic (exact) mass is 261 g/mol. The number of aromatic nitrogens is 3. The zero-order valence-electron chi connectivity index (χ0n) is 11.1. The van der Waals surface area contributed by atoms with Crippen molar-refractivity contribution < 1.29 is 4.74 Å². The first-order valence-electron chi connectivity index (χ1n) is 5.88. The third kappa shape index (κ3) is 5.67. The fourth-order valence-electron chi connectivity index (χ4n) is 1.09. The fraction of sp³-hybridized carbons (Fsp3) is 0.308. The van der Waals surface area contributed by atoms with Crippen LogP contribution in [-0.4, -0.2) is 34.6 Å². The first kappa shape index (κ1) is 14.7. The summed E-state index contributed by atoms with van der Waals surface area (Å²) >= 11 is 0. The summed E-state index contributed by atoms with van der Waals surface area (Å²) in [5.41, 5.74) is 0.890. The molecule has 0 aliphatic heterocycles. The van der Waals surface area contributed by atoms with E-state index in [1.807, 2.05) is 6.92 Å². The molecule has 19 heavy (non-hydrogen) atoms. The molecule has 0 unspecified atom stereocenters. The first-order chi connectivity index (χ1) is 9.15. The molecule has 0 aliphatic carbocycles. The highest BCUT2D eigenvalue weighted by atomic mass is 16.5. The summed E-state index contributed by atoms with van der Waals surface area (Å²) in [5, 5.41) is 5.98. The molecule has 0 atom stereocenters. The van der Waals surface area contributed by atoms with E-state index < -0.39 is 0 Å². The third-order valence-corrected chi connectivity index (χ3v) is 1.87. The van der Waals surface area contributed by atoms with Crippen LogP contribution in [0.25, 0.3) is 0 Å². The van der Waals surface area contributed by atoms with Gasteiger partial charge in [0.05, 0.1) is 0 Å². The van der Waals surface area contributed by atoms with Crippen LogP contribution in [-0.2, 0) is 0 Å². The van der Waals surface area contributed by atoms with Crippen molar-refractivity contribution in [2.24, 2.45) is 0 Å². The van der Waals surface area contributed by atoms with Crippen LogP contribution < -0.4 is 15.4 Å². The highest BCUT2D eigenvalue weighted by molar-refractivity contribution is 5.36. The molecule has 2 N–H and O–H groups in total. The maximum absolute atomic E-state index is 5.42. The summed E-state index contributed by atoms with van der Waals surface area (Å²) in [4.78, 5) is 12.5. The summed E-state index contributed by atoms with van der Waals surface area (Å²) in [6.07, 6.45) is 3.43. The summed E-state index contributed by atoms with van der Waals surface area (Å²) in [5.74, 6) is 0.858. The maximum atomic E-state index is 5.42. The zero-order chi connectivity index (χ0) is 14.1. The molecule has 1 aromatic heterocycles. The van der Waals surface area contributed by atoms with Crippen LogP contribution in [0, 0.1) is 0 Å². The van der Waals surface area contributed by atoms with Crippen molar-refractivity contribution in [3.05, 3.63) is 37.5 Å². The minimum absolute atomic E-state index is 0.246. The standard InChI is InChI=1S/C13H19N5O/c1-5-7-14-11-16-12(15-8-6-2)18-13(17-11)19-9-10(3)4/h5-6H,1-3,7-9H2,4H3,(H2,14,15,16,17,18). The second-order valence-corrected chi connectivity index (χ2v) is 3.85. The smallest absolute Gasteiger partial charge is 0.323 e. The molecule has 102 valence electrons. The second-order valence-electron chi connectivity index (χ2n) is 3.85. The predicted octanol–water partition coefficient (Wildman–Crippen LogP) is 2.02. The van der Waals surface area contributed by atoms with Gasteiger partial charge in [-0.25, -0.2) is 0 Å². The van der Waals surface area contributed by atoms with Gasteiger partial charge in [-0.1, -0.05) is 18.7 Å². The van der Waals surface area contributed by atoms with Crippen molar-refractivity contribution in [2.75, 3.05) is 30.3 Å². The van der Waals surface area contributed by atoms with Gasteiger partial charge in [0.2, 0.25) is 11.9 Å². The van der Waals surface area contributed by atoms with E-state index >= 15 is 0 Å². The molecular formula is C13H19N5O. The number of anilines is 2. The van der Waals surface area contributed by atoms with Gasteiger partial charge in [0.1, 0.15) is 6.61 Å². The van der Waals surface area contributed by atoms with Gasteiger partial charge in [0, 0.05) is 13.1 Å². The average Bonchev–Trinajstić information content (AvgIpc) is 2.40. The molecule has 0 aliphatic rings. The van der Waals surface area contributed by atoms with Crippen LogP contribution in [0.3, 0.4) is 0 Å². The predicted molar refractivity (Wildman–Crippen MR) is 77.5 cm³/mol. The van der Waals surface area contributed by atoms with Gasteiger partial charge < -0.3 is 15.4 Å². The molecule has 1 heterocycles.